The van der Waals surface area contributed by atoms with Gasteiger partial charge in [0.1, 0.15) is 0 Å². The molecule has 0 aliphatic carbocycles. The second kappa shape index (κ2) is 2.62. The zero-order chi connectivity index (χ0) is 10.2. The number of nitrogens with one attached hydrogen (secondary N) is 1. The average Bonchev–Trinajstić information content (AvgIpc) is 2.26. The van der Waals surface area contributed by atoms with Crippen molar-refractivity contribution >= 4 is 23.3 Å². The number of hydrogen-bond acceptors (Lipinski definition) is 6. The minimum absolute atomic E-state index is 0.352. The largest absolute Gasteiger partial charge is 0.378 e. The third-order valence-electron chi connectivity index (χ3n) is 1.33. The maximum atomic E-state index is 10.4. The molecule has 0 aromatic carbocycles. The summed E-state index contributed by atoms with van der Waals surface area (Å²) >= 11 is 0. The van der Waals surface area contributed by atoms with Crippen LogP contribution in [0.3, 0.4) is 0 Å². The highest BCUT2D eigenvalue weighted by molar-refractivity contribution is 5.84. The first-order chi connectivity index (χ1) is 5.95. The van der Waals surface area contributed by atoms with Crippen LogP contribution in [-0.4, -0.2) is 20.7 Å². The van der Waals surface area contributed by atoms with Crippen molar-refractivity contribution in [3.8, 4) is 0 Å². The summed E-state index contributed by atoms with van der Waals surface area (Å²) in [6, 6.07) is 0. The highest BCUT2D eigenvalue weighted by Crippen LogP contribution is 2.26. The van der Waals surface area contributed by atoms with Gasteiger partial charge in [-0.15, -0.1) is 5.10 Å². The molecule has 1 heterocycles. The molecule has 0 spiro atoms. The lowest BCUT2D eigenvalue weighted by atomic mass is 10.5. The summed E-state index contributed by atoms with van der Waals surface area (Å²) in [5, 5.41) is 20.7. The van der Waals surface area contributed by atoms with E-state index in [2.05, 4.69) is 5.10 Å². The van der Waals surface area contributed by atoms with Crippen LogP contribution in [0.4, 0.5) is 17.3 Å². The first kappa shape index (κ1) is 8.77. The van der Waals surface area contributed by atoms with Crippen LogP contribution < -0.4 is 17.2 Å². The third-order valence-corrected chi connectivity index (χ3v) is 1.33. The molecule has 0 bridgehead atoms. The summed E-state index contributed by atoms with van der Waals surface area (Å²) in [7, 11) is 0. The van der Waals surface area contributed by atoms with E-state index in [1.54, 1.807) is 0 Å². The number of nitro groups is 1. The quantitative estimate of drug-likeness (QED) is 0.184. The maximum absolute atomic E-state index is 10.4. The van der Waals surface area contributed by atoms with E-state index in [0.29, 0.717) is 4.68 Å². The Hall–Kier alpha value is -2.32. The van der Waals surface area contributed by atoms with E-state index in [9.17, 15) is 10.1 Å². The Bertz CT molecular complexity index is 380. The number of rotatable bonds is 1. The molecule has 0 aliphatic rings. The van der Waals surface area contributed by atoms with E-state index in [1.165, 1.54) is 0 Å². The van der Waals surface area contributed by atoms with Crippen molar-refractivity contribution in [2.45, 2.75) is 0 Å². The lowest BCUT2D eigenvalue weighted by Crippen LogP contribution is -2.23. The molecular formula is C4H7N7O2. The van der Waals surface area contributed by atoms with E-state index in [1.807, 2.05) is 0 Å². The Labute approximate surface area is 71.8 Å². The van der Waals surface area contributed by atoms with Gasteiger partial charge in [-0.3, -0.25) is 15.5 Å². The Morgan fingerprint density at radius 3 is 2.38 bits per heavy atom. The number of aromatic nitrogens is 2. The molecule has 0 atom stereocenters. The van der Waals surface area contributed by atoms with Crippen LogP contribution in [0.25, 0.3) is 0 Å². The molecule has 0 unspecified atom stereocenters. The van der Waals surface area contributed by atoms with E-state index in [0.717, 1.165) is 0 Å². The van der Waals surface area contributed by atoms with Crippen LogP contribution in [-0.2, 0) is 0 Å². The number of nitrogen functional groups attached to an aromatic ring is 3. The molecule has 9 nitrogen and oxygen atoms in total. The summed E-state index contributed by atoms with van der Waals surface area (Å²) in [6.07, 6.45) is 0. The standard InChI is InChI=1S/C4H7N7O2/c5-2-1(11(12)13)3(6)10(9-2)4(7)8/h6H2,(H2,5,9)(H3,7,8). The van der Waals surface area contributed by atoms with Crippen LogP contribution in [0.5, 0.6) is 0 Å². The predicted molar refractivity (Wildman–Crippen MR) is 45.0 cm³/mol. The number of anilines is 2. The summed E-state index contributed by atoms with van der Waals surface area (Å²) < 4.78 is 0.688. The fourth-order valence-electron chi connectivity index (χ4n) is 0.811. The SMILES string of the molecule is N=C(N)n1nc(N)c([N+](=O)[O-])c1N. The van der Waals surface area contributed by atoms with Gasteiger partial charge in [0.25, 0.3) is 0 Å². The molecule has 0 fully saturated rings. The first-order valence-corrected chi connectivity index (χ1v) is 3.08. The minimum atomic E-state index is -0.781. The lowest BCUT2D eigenvalue weighted by molar-refractivity contribution is -0.383. The highest BCUT2D eigenvalue weighted by atomic mass is 16.6. The van der Waals surface area contributed by atoms with Gasteiger partial charge >= 0.3 is 5.69 Å². The minimum Gasteiger partial charge on any atom is -0.378 e. The van der Waals surface area contributed by atoms with E-state index in [-0.39, 0.29) is 11.6 Å². The molecule has 13 heavy (non-hydrogen) atoms. The van der Waals surface area contributed by atoms with Gasteiger partial charge in [-0.1, -0.05) is 0 Å². The molecule has 1 rings (SSSR count). The van der Waals surface area contributed by atoms with Crippen molar-refractivity contribution in [2.24, 2.45) is 5.73 Å². The van der Waals surface area contributed by atoms with E-state index < -0.39 is 16.6 Å². The summed E-state index contributed by atoms with van der Waals surface area (Å²) in [5.41, 5.74) is 14.9. The van der Waals surface area contributed by atoms with Crippen LogP contribution in [0, 0.1) is 15.5 Å². The van der Waals surface area contributed by atoms with Crippen LogP contribution >= 0.6 is 0 Å². The molecule has 0 amide bonds. The molecule has 0 saturated heterocycles. The first-order valence-electron chi connectivity index (χ1n) is 3.08. The molecule has 0 aliphatic heterocycles. The number of nitrogens with zero attached hydrogens (tertiary/aromatic N) is 3. The van der Waals surface area contributed by atoms with Crippen molar-refractivity contribution in [3.05, 3.63) is 10.1 Å². The Balaban J connectivity index is 3.39. The van der Waals surface area contributed by atoms with Gasteiger partial charge in [-0.05, 0) is 0 Å². The predicted octanol–water partition coefficient (Wildman–Crippen LogP) is -1.30. The van der Waals surface area contributed by atoms with Gasteiger partial charge in [0, 0.05) is 0 Å². The van der Waals surface area contributed by atoms with Crippen molar-refractivity contribution in [3.63, 3.8) is 0 Å². The second-order valence-corrected chi connectivity index (χ2v) is 2.17. The van der Waals surface area contributed by atoms with Crippen molar-refractivity contribution in [1.82, 2.24) is 9.78 Å². The topological polar surface area (TPSA) is 163 Å². The van der Waals surface area contributed by atoms with Gasteiger partial charge < -0.3 is 17.2 Å². The lowest BCUT2D eigenvalue weighted by Gasteiger charge is -1.96. The normalized spacial score (nSPS) is 9.85. The molecule has 1 aromatic heterocycles. The monoisotopic (exact) mass is 185 g/mol. The molecule has 7 N–H and O–H groups in total. The maximum Gasteiger partial charge on any atom is 0.354 e. The number of hydrogen-bond donors (Lipinski definition) is 4. The number of nitrogens with two attached hydrogens (primary N) is 3. The third kappa shape index (κ3) is 1.21. The molecule has 70 valence electrons. The molecule has 0 radical (unpaired) electrons. The van der Waals surface area contributed by atoms with Crippen LogP contribution in [0.15, 0.2) is 0 Å². The van der Waals surface area contributed by atoms with E-state index in [4.69, 9.17) is 22.6 Å². The van der Waals surface area contributed by atoms with Gasteiger partial charge in [0.15, 0.2) is 0 Å². The van der Waals surface area contributed by atoms with Crippen molar-refractivity contribution in [2.75, 3.05) is 11.5 Å². The van der Waals surface area contributed by atoms with Crippen molar-refractivity contribution < 1.29 is 4.92 Å². The Morgan fingerprint density at radius 1 is 1.62 bits per heavy atom. The molecule has 1 aromatic rings. The van der Waals surface area contributed by atoms with E-state index >= 15 is 0 Å². The van der Waals surface area contributed by atoms with Crippen LogP contribution in [0.1, 0.15) is 0 Å². The van der Waals surface area contributed by atoms with Gasteiger partial charge in [0.05, 0.1) is 4.92 Å². The van der Waals surface area contributed by atoms with Crippen molar-refractivity contribution in [1.29, 1.82) is 5.41 Å². The zero-order valence-corrected chi connectivity index (χ0v) is 6.39. The highest BCUT2D eigenvalue weighted by Gasteiger charge is 2.24. The smallest absolute Gasteiger partial charge is 0.354 e. The summed E-state index contributed by atoms with van der Waals surface area (Å²) in [5.74, 6) is -1.25. The van der Waals surface area contributed by atoms with Gasteiger partial charge in [0.2, 0.25) is 17.6 Å². The molecule has 9 heteroatoms. The Kier molecular flexibility index (Phi) is 1.77. The summed E-state index contributed by atoms with van der Waals surface area (Å²) in [4.78, 5) is 9.58. The Morgan fingerprint density at radius 2 is 2.15 bits per heavy atom. The molecule has 0 saturated carbocycles. The zero-order valence-electron chi connectivity index (χ0n) is 6.39. The second-order valence-electron chi connectivity index (χ2n) is 2.17. The van der Waals surface area contributed by atoms with Crippen LogP contribution in [0.2, 0.25) is 0 Å². The average molecular weight is 185 g/mol. The summed E-state index contributed by atoms with van der Waals surface area (Å²) in [6.45, 7) is 0. The van der Waals surface area contributed by atoms with Gasteiger partial charge in [-0.2, -0.15) is 4.68 Å². The fourth-order valence-corrected chi connectivity index (χ4v) is 0.811. The molecular weight excluding hydrogens is 178 g/mol. The van der Waals surface area contributed by atoms with Gasteiger partial charge in [-0.25, -0.2) is 0 Å². The fraction of sp³-hybridized carbons (Fsp3) is 0.